The van der Waals surface area contributed by atoms with Crippen LogP contribution in [0.1, 0.15) is 23.4 Å². The van der Waals surface area contributed by atoms with Gasteiger partial charge < -0.3 is 5.32 Å². The smallest absolute Gasteiger partial charge is 0.158 e. The van der Waals surface area contributed by atoms with Crippen molar-refractivity contribution >= 4 is 22.4 Å². The Hall–Kier alpha value is -2.89. The Bertz CT molecular complexity index is 997. The van der Waals surface area contributed by atoms with Crippen LogP contribution >= 0.6 is 0 Å². The minimum atomic E-state index is 0.866. The van der Waals surface area contributed by atoms with Crippen molar-refractivity contribution in [1.82, 2.24) is 24.8 Å². The summed E-state index contributed by atoms with van der Waals surface area (Å²) in [6.45, 7) is 4.91. The molecule has 6 heteroatoms. The second-order valence-electron chi connectivity index (χ2n) is 6.08. The van der Waals surface area contributed by atoms with Crippen molar-refractivity contribution in [3.63, 3.8) is 0 Å². The van der Waals surface area contributed by atoms with Crippen LogP contribution in [0.5, 0.6) is 0 Å². The molecule has 0 atom stereocenters. The quantitative estimate of drug-likeness (QED) is 0.554. The van der Waals surface area contributed by atoms with Gasteiger partial charge in [0.05, 0.1) is 17.4 Å². The molecule has 24 heavy (non-hydrogen) atoms. The summed E-state index contributed by atoms with van der Waals surface area (Å²) in [5.74, 6) is 0.918. The van der Waals surface area contributed by atoms with Crippen molar-refractivity contribution < 1.29 is 0 Å². The maximum Gasteiger partial charge on any atom is 0.158 e. The average Bonchev–Trinajstić information content (AvgIpc) is 3.16. The molecule has 0 aliphatic heterocycles. The summed E-state index contributed by atoms with van der Waals surface area (Å²) in [5.41, 5.74) is 5.34. The van der Waals surface area contributed by atoms with E-state index in [1.165, 1.54) is 5.56 Å². The number of nitrogens with zero attached hydrogens (tertiary/aromatic N) is 4. The lowest BCUT2D eigenvalue weighted by atomic mass is 10.1. The third-order valence-electron chi connectivity index (χ3n) is 4.28. The molecule has 1 aromatic carbocycles. The molecule has 3 aromatic heterocycles. The van der Waals surface area contributed by atoms with E-state index in [0.717, 1.165) is 53.1 Å². The lowest BCUT2D eigenvalue weighted by Gasteiger charge is -2.10. The molecule has 6 nitrogen and oxygen atoms in total. The molecule has 0 spiro atoms. The molecule has 0 saturated heterocycles. The number of benzene rings is 1. The molecule has 0 unspecified atom stereocenters. The zero-order chi connectivity index (χ0) is 16.5. The van der Waals surface area contributed by atoms with Crippen LogP contribution in [-0.2, 0) is 6.42 Å². The highest BCUT2D eigenvalue weighted by molar-refractivity contribution is 5.91. The van der Waals surface area contributed by atoms with Gasteiger partial charge in [0.25, 0.3) is 0 Å². The van der Waals surface area contributed by atoms with Gasteiger partial charge in [0.2, 0.25) is 0 Å². The van der Waals surface area contributed by atoms with Gasteiger partial charge in [-0.2, -0.15) is 10.2 Å². The predicted octanol–water partition coefficient (Wildman–Crippen LogP) is 3.27. The lowest BCUT2D eigenvalue weighted by Crippen LogP contribution is -2.07. The van der Waals surface area contributed by atoms with Crippen LogP contribution < -0.4 is 5.32 Å². The van der Waals surface area contributed by atoms with Crippen LogP contribution in [0.15, 0.2) is 36.5 Å². The Morgan fingerprint density at radius 1 is 1.21 bits per heavy atom. The number of nitrogens with one attached hydrogen (secondary N) is 2. The van der Waals surface area contributed by atoms with Crippen LogP contribution in [-0.4, -0.2) is 31.3 Å². The van der Waals surface area contributed by atoms with Crippen LogP contribution in [0.25, 0.3) is 16.6 Å². The van der Waals surface area contributed by atoms with Gasteiger partial charge in [-0.05, 0) is 44.4 Å². The second kappa shape index (κ2) is 5.96. The van der Waals surface area contributed by atoms with Gasteiger partial charge in [-0.15, -0.1) is 0 Å². The lowest BCUT2D eigenvalue weighted by molar-refractivity contribution is 0.853. The van der Waals surface area contributed by atoms with E-state index in [-0.39, 0.29) is 0 Å². The third kappa shape index (κ3) is 2.60. The van der Waals surface area contributed by atoms with Crippen LogP contribution in [0.4, 0.5) is 5.82 Å². The Kier molecular flexibility index (Phi) is 3.65. The van der Waals surface area contributed by atoms with Crippen molar-refractivity contribution in [3.05, 3.63) is 53.5 Å². The molecule has 0 aliphatic rings. The zero-order valence-electron chi connectivity index (χ0n) is 13.9. The number of aromatic nitrogens is 5. The topological polar surface area (TPSA) is 70.9 Å². The van der Waals surface area contributed by atoms with Crippen LogP contribution in [0, 0.1) is 13.8 Å². The van der Waals surface area contributed by atoms with Gasteiger partial charge in [0, 0.05) is 23.7 Å². The first-order valence-corrected chi connectivity index (χ1v) is 8.20. The number of hydrogen-bond donors (Lipinski definition) is 2. The van der Waals surface area contributed by atoms with E-state index in [2.05, 4.69) is 39.7 Å². The van der Waals surface area contributed by atoms with Crippen molar-refractivity contribution in [2.24, 2.45) is 0 Å². The fourth-order valence-electron chi connectivity index (χ4n) is 3.02. The van der Waals surface area contributed by atoms with Gasteiger partial charge in [0.1, 0.15) is 5.82 Å². The molecule has 4 rings (SSSR count). The third-order valence-corrected chi connectivity index (χ3v) is 4.28. The summed E-state index contributed by atoms with van der Waals surface area (Å²) >= 11 is 0. The number of hydrogen-bond acceptors (Lipinski definition) is 4. The van der Waals surface area contributed by atoms with E-state index in [0.29, 0.717) is 0 Å². The van der Waals surface area contributed by atoms with Crippen LogP contribution in [0.3, 0.4) is 0 Å². The molecule has 122 valence electrons. The van der Waals surface area contributed by atoms with Gasteiger partial charge in [-0.1, -0.05) is 12.1 Å². The molecule has 0 amide bonds. The number of rotatable bonds is 5. The molecule has 0 aliphatic carbocycles. The number of H-pyrrole nitrogens is 1. The van der Waals surface area contributed by atoms with Crippen molar-refractivity contribution in [2.45, 2.75) is 26.7 Å². The monoisotopic (exact) mass is 320 g/mol. The number of para-hydroxylation sites is 1. The van der Waals surface area contributed by atoms with E-state index in [1.807, 2.05) is 35.8 Å². The Morgan fingerprint density at radius 2 is 2.08 bits per heavy atom. The Balaban J connectivity index is 1.57. The summed E-state index contributed by atoms with van der Waals surface area (Å²) in [4.78, 5) is 4.75. The fourth-order valence-corrected chi connectivity index (χ4v) is 3.02. The largest absolute Gasteiger partial charge is 0.369 e. The van der Waals surface area contributed by atoms with Crippen molar-refractivity contribution in [3.8, 4) is 0 Å². The number of anilines is 1. The Labute approximate surface area is 139 Å². The van der Waals surface area contributed by atoms with E-state index < -0.39 is 0 Å². The van der Waals surface area contributed by atoms with Crippen molar-refractivity contribution in [2.75, 3.05) is 11.9 Å². The number of fused-ring (bicyclic) bond motifs is 3. The molecule has 4 aromatic rings. The van der Waals surface area contributed by atoms with Crippen LogP contribution in [0.2, 0.25) is 0 Å². The van der Waals surface area contributed by atoms with Gasteiger partial charge in [-0.3, -0.25) is 5.10 Å². The zero-order valence-corrected chi connectivity index (χ0v) is 13.9. The molecule has 2 N–H and O–H groups in total. The standard InChI is InChI=1S/C18H20N6/c1-12-10-17-21-18(15-7-3-4-8-16(15)24(17)23-12)19-9-5-6-14-11-20-22-13(14)2/h3-4,7-8,10-11H,5-6,9H2,1-2H3,(H,19,21)(H,20,22). The van der Waals surface area contributed by atoms with Gasteiger partial charge >= 0.3 is 0 Å². The first-order valence-electron chi connectivity index (χ1n) is 8.20. The number of aromatic amines is 1. The second-order valence-corrected chi connectivity index (χ2v) is 6.08. The van der Waals surface area contributed by atoms with Gasteiger partial charge in [0.15, 0.2) is 5.65 Å². The van der Waals surface area contributed by atoms with E-state index in [4.69, 9.17) is 4.98 Å². The predicted molar refractivity (Wildman–Crippen MR) is 95.4 cm³/mol. The minimum Gasteiger partial charge on any atom is -0.369 e. The fraction of sp³-hybridized carbons (Fsp3) is 0.278. The SMILES string of the molecule is Cc1cc2nc(NCCCc3cn[nH]c3C)c3ccccc3n2n1. The van der Waals surface area contributed by atoms with Crippen molar-refractivity contribution in [1.29, 1.82) is 0 Å². The summed E-state index contributed by atoms with van der Waals surface area (Å²) in [6.07, 6.45) is 3.94. The molecule has 0 saturated carbocycles. The first-order chi connectivity index (χ1) is 11.7. The van der Waals surface area contributed by atoms with Gasteiger partial charge in [-0.25, -0.2) is 9.50 Å². The summed E-state index contributed by atoms with van der Waals surface area (Å²) in [6, 6.07) is 10.2. The highest BCUT2D eigenvalue weighted by Crippen LogP contribution is 2.23. The average molecular weight is 320 g/mol. The first kappa shape index (κ1) is 14.7. The minimum absolute atomic E-state index is 0.866. The van der Waals surface area contributed by atoms with E-state index in [1.54, 1.807) is 0 Å². The maximum absolute atomic E-state index is 4.75. The molecule has 0 radical (unpaired) electrons. The molecule has 0 fully saturated rings. The van der Waals surface area contributed by atoms with E-state index in [9.17, 15) is 0 Å². The Morgan fingerprint density at radius 3 is 2.92 bits per heavy atom. The normalized spacial score (nSPS) is 11.4. The highest BCUT2D eigenvalue weighted by atomic mass is 15.3. The summed E-state index contributed by atoms with van der Waals surface area (Å²) < 4.78 is 1.91. The molecule has 0 bridgehead atoms. The number of aryl methyl sites for hydroxylation is 3. The highest BCUT2D eigenvalue weighted by Gasteiger charge is 2.09. The molecule has 3 heterocycles. The summed E-state index contributed by atoms with van der Waals surface area (Å²) in [5, 5.41) is 16.2. The van der Waals surface area contributed by atoms with E-state index >= 15 is 0 Å². The maximum atomic E-state index is 4.75. The molecular formula is C18H20N6. The molecular weight excluding hydrogens is 300 g/mol. The summed E-state index contributed by atoms with van der Waals surface area (Å²) in [7, 11) is 0.